The molecule has 0 unspecified atom stereocenters. The average Bonchev–Trinajstić information content (AvgIpc) is 2.65. The van der Waals surface area contributed by atoms with Crippen molar-refractivity contribution in [1.82, 2.24) is 4.90 Å². The quantitative estimate of drug-likeness (QED) is 0.794. The molecule has 2 aromatic rings. The number of benzene rings is 2. The second kappa shape index (κ2) is 7.60. The zero-order valence-corrected chi connectivity index (χ0v) is 13.0. The molecule has 0 aliphatic heterocycles. The minimum Gasteiger partial charge on any atom is -0.508 e. The molecule has 0 radical (unpaired) electrons. The van der Waals surface area contributed by atoms with Crippen molar-refractivity contribution >= 4 is 5.78 Å². The second-order valence-corrected chi connectivity index (χ2v) is 5.48. The molecule has 0 saturated carbocycles. The molecule has 0 bridgehead atoms. The van der Waals surface area contributed by atoms with E-state index < -0.39 is 51.6 Å². The molecule has 2 aromatic carbocycles. The van der Waals surface area contributed by atoms with Gasteiger partial charge in [0.2, 0.25) is 0 Å². The minimum absolute atomic E-state index is 0.0317. The number of hydrogen-bond acceptors (Lipinski definition) is 4. The number of carbonyl (C=O) groups excluding carboxylic acids is 1. The van der Waals surface area contributed by atoms with Gasteiger partial charge in [0.05, 0.1) is 13.2 Å². The first-order valence-electron chi connectivity index (χ1n) is 11.8. The van der Waals surface area contributed by atoms with Gasteiger partial charge in [-0.25, -0.2) is 0 Å². The van der Waals surface area contributed by atoms with Crippen molar-refractivity contribution in [2.45, 2.75) is 39.2 Å². The summed E-state index contributed by atoms with van der Waals surface area (Å²) in [5.74, 6) is -1.04. The van der Waals surface area contributed by atoms with Crippen LogP contribution in [0.25, 0.3) is 0 Å². The summed E-state index contributed by atoms with van der Waals surface area (Å²) in [5, 5.41) is 19.1. The van der Waals surface area contributed by atoms with Crippen LogP contribution in [-0.4, -0.2) is 33.0 Å². The normalized spacial score (nSPS) is 18.8. The standard InChI is InChI=1S/C20H25NO3/c1-20(2,3)21(12-15-7-5-4-6-8-15)13-19(24)16-9-10-18(23)17(11-16)14-22/h4-11,22-23H,12-14H2,1-3H3/i1D3,2D3,3D3. The van der Waals surface area contributed by atoms with Gasteiger partial charge in [-0.05, 0) is 44.3 Å². The molecule has 0 fully saturated rings. The molecule has 0 amide bonds. The largest absolute Gasteiger partial charge is 0.508 e. The van der Waals surface area contributed by atoms with Gasteiger partial charge in [0.1, 0.15) is 5.75 Å². The molecule has 4 heteroatoms. The smallest absolute Gasteiger partial charge is 0.176 e. The van der Waals surface area contributed by atoms with E-state index in [2.05, 4.69) is 0 Å². The molecule has 128 valence electrons. The van der Waals surface area contributed by atoms with Gasteiger partial charge in [0.25, 0.3) is 0 Å². The Labute approximate surface area is 156 Å². The molecule has 2 N–H and O–H groups in total. The fourth-order valence-electron chi connectivity index (χ4n) is 2.25. The van der Waals surface area contributed by atoms with E-state index in [0.717, 1.165) is 6.07 Å². The molecule has 0 aromatic heterocycles. The monoisotopic (exact) mass is 336 g/mol. The van der Waals surface area contributed by atoms with Crippen molar-refractivity contribution < 1.29 is 27.3 Å². The van der Waals surface area contributed by atoms with Crippen LogP contribution < -0.4 is 0 Å². The Morgan fingerprint density at radius 2 is 1.88 bits per heavy atom. The molecule has 0 aliphatic carbocycles. The fraction of sp³-hybridized carbons (Fsp3) is 0.350. The Morgan fingerprint density at radius 3 is 2.50 bits per heavy atom. The maximum Gasteiger partial charge on any atom is 0.176 e. The van der Waals surface area contributed by atoms with Crippen molar-refractivity contribution in [1.29, 1.82) is 0 Å². The van der Waals surface area contributed by atoms with E-state index in [1.165, 1.54) is 12.1 Å². The van der Waals surface area contributed by atoms with Crippen LogP contribution in [0.1, 0.15) is 54.4 Å². The van der Waals surface area contributed by atoms with E-state index in [4.69, 9.17) is 12.3 Å². The first-order chi connectivity index (χ1) is 15.1. The van der Waals surface area contributed by atoms with Gasteiger partial charge in [-0.2, -0.15) is 0 Å². The highest BCUT2D eigenvalue weighted by molar-refractivity contribution is 5.98. The number of nitrogens with zero attached hydrogens (tertiary/aromatic N) is 1. The highest BCUT2D eigenvalue weighted by atomic mass is 16.3. The van der Waals surface area contributed by atoms with Gasteiger partial charge >= 0.3 is 0 Å². The van der Waals surface area contributed by atoms with Crippen LogP contribution in [0.4, 0.5) is 0 Å². The maximum absolute atomic E-state index is 13.1. The van der Waals surface area contributed by atoms with Crippen molar-refractivity contribution in [2.75, 3.05) is 6.54 Å². The zero-order valence-electron chi connectivity index (χ0n) is 22.0. The third-order valence-electron chi connectivity index (χ3n) is 3.60. The van der Waals surface area contributed by atoms with Gasteiger partial charge in [-0.3, -0.25) is 9.69 Å². The summed E-state index contributed by atoms with van der Waals surface area (Å²) in [6.45, 7) is -12.4. The lowest BCUT2D eigenvalue weighted by Gasteiger charge is -2.35. The molecule has 0 aliphatic rings. The lowest BCUT2D eigenvalue weighted by atomic mass is 10.0. The lowest BCUT2D eigenvalue weighted by Crippen LogP contribution is -2.43. The summed E-state index contributed by atoms with van der Waals surface area (Å²) >= 11 is 0. The Hall–Kier alpha value is -2.17. The van der Waals surface area contributed by atoms with Crippen molar-refractivity contribution in [2.24, 2.45) is 0 Å². The maximum atomic E-state index is 13.1. The number of Topliss-reactive ketones (excluding diaryl/α,β-unsaturated/α-hetero) is 1. The summed E-state index contributed by atoms with van der Waals surface area (Å²) in [6, 6.07) is 11.6. The van der Waals surface area contributed by atoms with Gasteiger partial charge < -0.3 is 10.2 Å². The van der Waals surface area contributed by atoms with Crippen molar-refractivity contribution in [3.8, 4) is 5.75 Å². The summed E-state index contributed by atoms with van der Waals surface area (Å²) in [7, 11) is 0. The minimum atomic E-state index is -3.52. The van der Waals surface area contributed by atoms with Gasteiger partial charge in [-0.15, -0.1) is 0 Å². The van der Waals surface area contributed by atoms with Crippen molar-refractivity contribution in [3.05, 3.63) is 65.2 Å². The van der Waals surface area contributed by atoms with E-state index in [1.54, 1.807) is 30.3 Å². The lowest BCUT2D eigenvalue weighted by molar-refractivity contribution is 0.0793. The zero-order chi connectivity index (χ0) is 25.2. The van der Waals surface area contributed by atoms with Gasteiger partial charge in [0, 0.05) is 35.5 Å². The molecule has 0 atom stereocenters. The summed E-state index contributed by atoms with van der Waals surface area (Å²) in [6.07, 6.45) is 0. The molecular formula is C20H25NO3. The molecule has 4 nitrogen and oxygen atoms in total. The van der Waals surface area contributed by atoms with E-state index >= 15 is 0 Å². The summed E-state index contributed by atoms with van der Waals surface area (Å²) < 4.78 is 71.8. The number of rotatable bonds is 6. The van der Waals surface area contributed by atoms with Crippen LogP contribution >= 0.6 is 0 Å². The first kappa shape index (κ1) is 9.35. The Kier molecular flexibility index (Phi) is 2.96. The van der Waals surface area contributed by atoms with Crippen LogP contribution in [-0.2, 0) is 13.2 Å². The number of phenols is 1. The van der Waals surface area contributed by atoms with E-state index in [9.17, 15) is 15.0 Å². The van der Waals surface area contributed by atoms with Crippen LogP contribution in [0, 0.1) is 0 Å². The molecular weight excluding hydrogens is 302 g/mol. The first-order valence-corrected chi connectivity index (χ1v) is 7.31. The predicted octanol–water partition coefficient (Wildman–Crippen LogP) is 3.37. The number of ketones is 1. The average molecular weight is 336 g/mol. The fourth-order valence-corrected chi connectivity index (χ4v) is 2.25. The summed E-state index contributed by atoms with van der Waals surface area (Å²) in [4.78, 5) is 13.8. The topological polar surface area (TPSA) is 60.8 Å². The third-order valence-corrected chi connectivity index (χ3v) is 3.60. The van der Waals surface area contributed by atoms with Crippen LogP contribution in [0.15, 0.2) is 48.5 Å². The number of carbonyl (C=O) groups is 1. The third kappa shape index (κ3) is 4.66. The van der Waals surface area contributed by atoms with E-state index in [1.807, 2.05) is 0 Å². The summed E-state index contributed by atoms with van der Waals surface area (Å²) in [5.41, 5.74) is -2.96. The van der Waals surface area contributed by atoms with E-state index in [0.29, 0.717) is 10.5 Å². The van der Waals surface area contributed by atoms with Crippen LogP contribution in [0.5, 0.6) is 5.75 Å². The molecule has 24 heavy (non-hydrogen) atoms. The Balaban J connectivity index is 2.69. The van der Waals surface area contributed by atoms with Gasteiger partial charge in [-0.1, -0.05) is 30.3 Å². The number of aliphatic hydroxyl groups is 1. The number of hydrogen-bond donors (Lipinski definition) is 2. The van der Waals surface area contributed by atoms with Crippen LogP contribution in [0.2, 0.25) is 0 Å². The highest BCUT2D eigenvalue weighted by Crippen LogP contribution is 2.21. The number of aliphatic hydroxyl groups excluding tert-OH is 1. The Morgan fingerprint density at radius 1 is 1.17 bits per heavy atom. The molecule has 0 saturated heterocycles. The predicted molar refractivity (Wildman–Crippen MR) is 95.0 cm³/mol. The molecule has 2 rings (SSSR count). The highest BCUT2D eigenvalue weighted by Gasteiger charge is 2.24. The van der Waals surface area contributed by atoms with Crippen molar-refractivity contribution in [3.63, 3.8) is 0 Å². The van der Waals surface area contributed by atoms with Crippen LogP contribution in [0.3, 0.4) is 0 Å². The van der Waals surface area contributed by atoms with Gasteiger partial charge in [0.15, 0.2) is 5.78 Å². The molecule has 0 spiro atoms. The van der Waals surface area contributed by atoms with E-state index in [-0.39, 0.29) is 16.9 Å². The second-order valence-electron chi connectivity index (χ2n) is 5.48. The SMILES string of the molecule is [2H]C([2H])([2H])C(N(CC(=O)c1ccc(O)c(CO)c1)Cc1ccccc1)(C([2H])([2H])[2H])C([2H])([2H])[2H]. The Bertz CT molecular complexity index is 933. The molecule has 0 heterocycles. The number of aromatic hydroxyl groups is 1.